The van der Waals surface area contributed by atoms with E-state index >= 15 is 0 Å². The molecule has 35 heavy (non-hydrogen) atoms. The van der Waals surface area contributed by atoms with Gasteiger partial charge in [0, 0.05) is 26.2 Å². The molecule has 2 aromatic rings. The van der Waals surface area contributed by atoms with Crippen LogP contribution in [0.15, 0.2) is 65.9 Å². The van der Waals surface area contributed by atoms with Crippen LogP contribution in [0.2, 0.25) is 0 Å². The van der Waals surface area contributed by atoms with Crippen LogP contribution in [0, 0.1) is 0 Å². The number of carbonyl (C=O) groups is 2. The average molecular weight is 479 g/mol. The number of ketones is 1. The number of rotatable bonds is 9. The van der Waals surface area contributed by atoms with E-state index in [4.69, 9.17) is 14.2 Å². The molecule has 4 rings (SSSR count). The van der Waals surface area contributed by atoms with Gasteiger partial charge in [-0.3, -0.25) is 14.5 Å². The van der Waals surface area contributed by atoms with Crippen molar-refractivity contribution >= 4 is 17.8 Å². The van der Waals surface area contributed by atoms with Crippen molar-refractivity contribution in [1.29, 1.82) is 0 Å². The Labute approximate surface area is 205 Å². The van der Waals surface area contributed by atoms with E-state index in [9.17, 15) is 14.7 Å². The summed E-state index contributed by atoms with van der Waals surface area (Å²) in [6, 6.07) is 13.9. The van der Waals surface area contributed by atoms with Gasteiger partial charge in [0.2, 0.25) is 0 Å². The highest BCUT2D eigenvalue weighted by molar-refractivity contribution is 6.14. The zero-order valence-electron chi connectivity index (χ0n) is 20.0. The van der Waals surface area contributed by atoms with Crippen LogP contribution < -0.4 is 9.47 Å². The van der Waals surface area contributed by atoms with E-state index in [1.807, 2.05) is 30.3 Å². The Morgan fingerprint density at radius 1 is 1.06 bits per heavy atom. The Morgan fingerprint density at radius 3 is 2.46 bits per heavy atom. The largest absolute Gasteiger partial charge is 0.503 e. The fourth-order valence-corrected chi connectivity index (χ4v) is 4.41. The molecule has 2 aromatic carbocycles. The summed E-state index contributed by atoms with van der Waals surface area (Å²) in [4.78, 5) is 30.2. The van der Waals surface area contributed by atoms with Crippen molar-refractivity contribution in [1.82, 2.24) is 9.80 Å². The van der Waals surface area contributed by atoms with Crippen LogP contribution in [0.25, 0.3) is 6.08 Å². The summed E-state index contributed by atoms with van der Waals surface area (Å²) < 4.78 is 16.2. The lowest BCUT2D eigenvalue weighted by Gasteiger charge is -2.31. The topological polar surface area (TPSA) is 88.5 Å². The zero-order valence-corrected chi connectivity index (χ0v) is 20.0. The molecule has 0 spiro atoms. The van der Waals surface area contributed by atoms with E-state index in [0.717, 1.165) is 18.7 Å². The first kappa shape index (κ1) is 24.5. The first-order valence-electron chi connectivity index (χ1n) is 11.6. The van der Waals surface area contributed by atoms with Gasteiger partial charge in [0.05, 0.1) is 39.0 Å². The summed E-state index contributed by atoms with van der Waals surface area (Å²) in [6.45, 7) is 3.78. The first-order valence-corrected chi connectivity index (χ1v) is 11.6. The van der Waals surface area contributed by atoms with Crippen LogP contribution in [0.5, 0.6) is 11.5 Å². The summed E-state index contributed by atoms with van der Waals surface area (Å²) in [5.74, 6) is -0.494. The standard InChI is InChI=1S/C27H30N2O6/c1-33-22-11-9-20(18-23(22)34-2)25-24(21(30)10-8-19-6-4-3-5-7-19)26(31)27(32)29(25)13-12-28-14-16-35-17-15-28/h3-11,18,25,31H,12-17H2,1-2H3. The lowest BCUT2D eigenvalue weighted by molar-refractivity contribution is -0.129. The molecule has 1 amide bonds. The fourth-order valence-electron chi connectivity index (χ4n) is 4.41. The van der Waals surface area contributed by atoms with Crippen LogP contribution >= 0.6 is 0 Å². The Hall–Kier alpha value is -3.62. The number of benzene rings is 2. The van der Waals surface area contributed by atoms with Crippen molar-refractivity contribution in [3.05, 3.63) is 77.1 Å². The van der Waals surface area contributed by atoms with E-state index in [1.54, 1.807) is 36.3 Å². The number of aliphatic hydroxyl groups is 1. The van der Waals surface area contributed by atoms with Crippen molar-refractivity contribution in [3.8, 4) is 11.5 Å². The Balaban J connectivity index is 1.67. The molecule has 1 atom stereocenters. The number of aliphatic hydroxyl groups excluding tert-OH is 1. The van der Waals surface area contributed by atoms with Gasteiger partial charge >= 0.3 is 0 Å². The minimum absolute atomic E-state index is 0.0522. The quantitative estimate of drug-likeness (QED) is 0.555. The van der Waals surface area contributed by atoms with E-state index in [1.165, 1.54) is 13.2 Å². The second kappa shape index (κ2) is 11.2. The maximum absolute atomic E-state index is 13.3. The maximum Gasteiger partial charge on any atom is 0.290 e. The molecule has 2 heterocycles. The summed E-state index contributed by atoms with van der Waals surface area (Å²) >= 11 is 0. The summed E-state index contributed by atoms with van der Waals surface area (Å²) in [5, 5.41) is 10.8. The maximum atomic E-state index is 13.3. The fraction of sp³-hybridized carbons (Fsp3) is 0.333. The molecule has 0 bridgehead atoms. The third-order valence-corrected chi connectivity index (χ3v) is 6.28. The molecule has 0 aliphatic carbocycles. The molecule has 0 saturated carbocycles. The van der Waals surface area contributed by atoms with Gasteiger partial charge in [0.15, 0.2) is 23.0 Å². The molecule has 1 fully saturated rings. The van der Waals surface area contributed by atoms with E-state index in [2.05, 4.69) is 4.90 Å². The van der Waals surface area contributed by atoms with E-state index in [-0.39, 0.29) is 5.57 Å². The summed E-state index contributed by atoms with van der Waals surface area (Å²) in [5.41, 5.74) is 1.55. The second-order valence-corrected chi connectivity index (χ2v) is 8.34. The molecule has 8 nitrogen and oxygen atoms in total. The van der Waals surface area contributed by atoms with Crippen molar-refractivity contribution in [2.75, 3.05) is 53.6 Å². The van der Waals surface area contributed by atoms with Crippen LogP contribution in [-0.4, -0.2) is 80.2 Å². The van der Waals surface area contributed by atoms with Gasteiger partial charge in [-0.1, -0.05) is 42.5 Å². The number of amides is 1. The van der Waals surface area contributed by atoms with Crippen molar-refractivity contribution in [2.24, 2.45) is 0 Å². The Morgan fingerprint density at radius 2 is 1.77 bits per heavy atom. The molecule has 0 aromatic heterocycles. The van der Waals surface area contributed by atoms with Gasteiger partial charge in [0.1, 0.15) is 0 Å². The molecule has 8 heteroatoms. The van der Waals surface area contributed by atoms with Gasteiger partial charge < -0.3 is 24.2 Å². The summed E-state index contributed by atoms with van der Waals surface area (Å²) in [6.07, 6.45) is 3.07. The number of hydrogen-bond donors (Lipinski definition) is 1. The number of methoxy groups -OCH3 is 2. The molecule has 1 saturated heterocycles. The van der Waals surface area contributed by atoms with Crippen LogP contribution in [-0.2, 0) is 14.3 Å². The molecule has 1 unspecified atom stereocenters. The number of morpholine rings is 1. The lowest BCUT2D eigenvalue weighted by atomic mass is 9.95. The van der Waals surface area contributed by atoms with Crippen molar-refractivity contribution in [2.45, 2.75) is 6.04 Å². The predicted octanol–water partition coefficient (Wildman–Crippen LogP) is 3.01. The normalized spacial score (nSPS) is 19.0. The molecule has 2 aliphatic heterocycles. The minimum atomic E-state index is -0.753. The minimum Gasteiger partial charge on any atom is -0.503 e. The first-order chi connectivity index (χ1) is 17.0. The Bertz CT molecular complexity index is 1120. The smallest absolute Gasteiger partial charge is 0.290 e. The predicted molar refractivity (Wildman–Crippen MR) is 131 cm³/mol. The van der Waals surface area contributed by atoms with E-state index in [0.29, 0.717) is 43.4 Å². The van der Waals surface area contributed by atoms with E-state index < -0.39 is 23.5 Å². The second-order valence-electron chi connectivity index (χ2n) is 8.34. The Kier molecular flexibility index (Phi) is 7.84. The molecule has 1 N–H and O–H groups in total. The molecule has 2 aliphatic rings. The molecular weight excluding hydrogens is 448 g/mol. The number of allylic oxidation sites excluding steroid dienone is 1. The van der Waals surface area contributed by atoms with Gasteiger partial charge in [0.25, 0.3) is 5.91 Å². The van der Waals surface area contributed by atoms with Gasteiger partial charge in [-0.05, 0) is 29.3 Å². The third-order valence-electron chi connectivity index (χ3n) is 6.28. The lowest BCUT2D eigenvalue weighted by Crippen LogP contribution is -2.43. The zero-order chi connectivity index (χ0) is 24.8. The molecule has 184 valence electrons. The monoisotopic (exact) mass is 478 g/mol. The van der Waals surface area contributed by atoms with Gasteiger partial charge in [-0.15, -0.1) is 0 Å². The summed E-state index contributed by atoms with van der Waals surface area (Å²) in [7, 11) is 3.07. The number of carbonyl (C=O) groups excluding carboxylic acids is 2. The highest BCUT2D eigenvalue weighted by Gasteiger charge is 2.43. The SMILES string of the molecule is COc1ccc(C2C(C(=O)C=Cc3ccccc3)=C(O)C(=O)N2CCN2CCOCC2)cc1OC. The molecular formula is C27H30N2O6. The number of ether oxygens (including phenoxy) is 3. The van der Waals surface area contributed by atoms with Crippen molar-refractivity contribution < 1.29 is 28.9 Å². The van der Waals surface area contributed by atoms with Gasteiger partial charge in [-0.25, -0.2) is 0 Å². The van der Waals surface area contributed by atoms with Crippen LogP contribution in [0.1, 0.15) is 17.2 Å². The number of hydrogen-bond acceptors (Lipinski definition) is 7. The average Bonchev–Trinajstić information content (AvgIpc) is 3.16. The highest BCUT2D eigenvalue weighted by atomic mass is 16.5. The van der Waals surface area contributed by atoms with Crippen molar-refractivity contribution in [3.63, 3.8) is 0 Å². The molecule has 0 radical (unpaired) electrons. The highest BCUT2D eigenvalue weighted by Crippen LogP contribution is 2.40. The third kappa shape index (κ3) is 5.39. The number of nitrogens with zero attached hydrogens (tertiary/aromatic N) is 2. The van der Waals surface area contributed by atoms with Crippen LogP contribution in [0.4, 0.5) is 0 Å². The van der Waals surface area contributed by atoms with Gasteiger partial charge in [-0.2, -0.15) is 0 Å². The van der Waals surface area contributed by atoms with Crippen LogP contribution in [0.3, 0.4) is 0 Å².